The number of hydrogen-bond donors (Lipinski definition) is 2. The van der Waals surface area contributed by atoms with Crippen LogP contribution in [0.5, 0.6) is 5.75 Å². The van der Waals surface area contributed by atoms with Gasteiger partial charge >= 0.3 is 0 Å². The lowest BCUT2D eigenvalue weighted by molar-refractivity contribution is 0.122. The SMILES string of the molecule is C#Cc1c(F)ccc2cc(O)cc(-c3ncc4c(N5CC6CCC(C5)N6)nc(N5CCOCC5)c(C)c4c3F)c12. The zero-order chi connectivity index (χ0) is 27.5. The fourth-order valence-electron chi connectivity index (χ4n) is 6.61. The van der Waals surface area contributed by atoms with Crippen molar-refractivity contribution in [3.63, 3.8) is 0 Å². The second-order valence-corrected chi connectivity index (χ2v) is 10.9. The van der Waals surface area contributed by atoms with E-state index in [9.17, 15) is 9.50 Å². The van der Waals surface area contributed by atoms with Crippen LogP contribution in [0.2, 0.25) is 0 Å². The molecule has 0 radical (unpaired) electrons. The van der Waals surface area contributed by atoms with Gasteiger partial charge in [0.2, 0.25) is 0 Å². The number of morpholine rings is 1. The summed E-state index contributed by atoms with van der Waals surface area (Å²) in [6.07, 6.45) is 9.55. The van der Waals surface area contributed by atoms with Gasteiger partial charge in [0.25, 0.3) is 0 Å². The second-order valence-electron chi connectivity index (χ2n) is 10.9. The number of piperazine rings is 1. The van der Waals surface area contributed by atoms with E-state index in [4.69, 9.17) is 16.1 Å². The van der Waals surface area contributed by atoms with Crippen LogP contribution in [0.3, 0.4) is 0 Å². The molecule has 2 aromatic heterocycles. The number of phenolic OH excluding ortho intramolecular Hbond substituents is 1. The van der Waals surface area contributed by atoms with E-state index in [0.29, 0.717) is 65.5 Å². The molecule has 2 unspecified atom stereocenters. The molecule has 0 amide bonds. The van der Waals surface area contributed by atoms with Crippen molar-refractivity contribution in [2.45, 2.75) is 31.8 Å². The quantitative estimate of drug-likeness (QED) is 0.370. The van der Waals surface area contributed by atoms with Gasteiger partial charge in [-0.3, -0.25) is 4.98 Å². The number of hydrogen-bond acceptors (Lipinski definition) is 7. The van der Waals surface area contributed by atoms with Crippen LogP contribution >= 0.6 is 0 Å². The predicted molar refractivity (Wildman–Crippen MR) is 152 cm³/mol. The van der Waals surface area contributed by atoms with Gasteiger partial charge < -0.3 is 25.0 Å². The standard InChI is InChI=1S/C31H29F2N5O2/c1-3-22-25(32)7-4-18-12-21(39)13-23(27(18)22)29-28(33)26-17(2)30(37-8-10-40-11-9-37)36-31(24(26)14-34-29)38-15-19-5-6-20(16-38)35-19/h1,4,7,12-14,19-20,35,39H,5-6,8-11,15-16H2,2H3. The van der Waals surface area contributed by atoms with Crippen LogP contribution in [0.25, 0.3) is 32.8 Å². The van der Waals surface area contributed by atoms with Crippen molar-refractivity contribution in [3.05, 3.63) is 53.2 Å². The number of nitrogens with one attached hydrogen (secondary N) is 1. The Morgan fingerprint density at radius 2 is 1.80 bits per heavy atom. The van der Waals surface area contributed by atoms with Gasteiger partial charge in [-0.2, -0.15) is 0 Å². The van der Waals surface area contributed by atoms with Crippen LogP contribution in [-0.2, 0) is 4.74 Å². The summed E-state index contributed by atoms with van der Waals surface area (Å²) in [6, 6.07) is 6.40. The number of aryl methyl sites for hydroxylation is 1. The molecule has 3 aliphatic heterocycles. The van der Waals surface area contributed by atoms with Crippen molar-refractivity contribution in [1.29, 1.82) is 0 Å². The number of ether oxygens (including phenoxy) is 1. The summed E-state index contributed by atoms with van der Waals surface area (Å²) < 4.78 is 37.2. The molecule has 3 saturated heterocycles. The molecule has 7 nitrogen and oxygen atoms in total. The maximum absolute atomic E-state index is 16.9. The third-order valence-corrected chi connectivity index (χ3v) is 8.46. The third kappa shape index (κ3) is 3.94. The van der Waals surface area contributed by atoms with Crippen LogP contribution in [0, 0.1) is 30.9 Å². The summed E-state index contributed by atoms with van der Waals surface area (Å²) in [7, 11) is 0. The van der Waals surface area contributed by atoms with Crippen LogP contribution in [-0.4, -0.2) is 66.6 Å². The Balaban J connectivity index is 1.49. The van der Waals surface area contributed by atoms with Crippen LogP contribution in [0.1, 0.15) is 24.0 Å². The zero-order valence-electron chi connectivity index (χ0n) is 22.2. The first kappa shape index (κ1) is 25.0. The van der Waals surface area contributed by atoms with Crippen LogP contribution in [0.15, 0.2) is 30.5 Å². The molecule has 2 N–H and O–H groups in total. The number of pyridine rings is 2. The van der Waals surface area contributed by atoms with E-state index in [1.807, 2.05) is 6.92 Å². The smallest absolute Gasteiger partial charge is 0.157 e. The van der Waals surface area contributed by atoms with Gasteiger partial charge in [-0.05, 0) is 43.4 Å². The monoisotopic (exact) mass is 541 g/mol. The first-order valence-corrected chi connectivity index (χ1v) is 13.7. The summed E-state index contributed by atoms with van der Waals surface area (Å²) in [6.45, 7) is 5.93. The van der Waals surface area contributed by atoms with Gasteiger partial charge in [-0.1, -0.05) is 12.0 Å². The minimum atomic E-state index is -0.589. The summed E-state index contributed by atoms with van der Waals surface area (Å²) in [5.41, 5.74) is 0.954. The molecule has 2 aromatic carbocycles. The Morgan fingerprint density at radius 3 is 2.52 bits per heavy atom. The van der Waals surface area contributed by atoms with Crippen molar-refractivity contribution in [3.8, 4) is 29.4 Å². The van der Waals surface area contributed by atoms with Crippen molar-refractivity contribution in [2.75, 3.05) is 49.2 Å². The fraction of sp³-hybridized carbons (Fsp3) is 0.355. The van der Waals surface area contributed by atoms with E-state index in [-0.39, 0.29) is 22.6 Å². The minimum Gasteiger partial charge on any atom is -0.508 e. The largest absolute Gasteiger partial charge is 0.508 e. The molecule has 5 heterocycles. The summed E-state index contributed by atoms with van der Waals surface area (Å²) in [5.74, 6) is 2.62. The lowest BCUT2D eigenvalue weighted by atomic mass is 9.94. The Kier molecular flexibility index (Phi) is 5.99. The number of halogens is 2. The maximum Gasteiger partial charge on any atom is 0.157 e. The average molecular weight is 542 g/mol. The first-order valence-electron chi connectivity index (χ1n) is 13.7. The highest BCUT2D eigenvalue weighted by atomic mass is 19.1. The molecular weight excluding hydrogens is 512 g/mol. The summed E-state index contributed by atoms with van der Waals surface area (Å²) in [5, 5.41) is 16.0. The summed E-state index contributed by atoms with van der Waals surface area (Å²) >= 11 is 0. The lowest BCUT2D eigenvalue weighted by Gasteiger charge is -2.36. The highest BCUT2D eigenvalue weighted by molar-refractivity contribution is 6.04. The molecule has 0 spiro atoms. The van der Waals surface area contributed by atoms with Crippen molar-refractivity contribution in [1.82, 2.24) is 15.3 Å². The van der Waals surface area contributed by atoms with Gasteiger partial charge in [0, 0.05) is 71.7 Å². The van der Waals surface area contributed by atoms with Gasteiger partial charge in [0.15, 0.2) is 5.82 Å². The average Bonchev–Trinajstić information content (AvgIpc) is 3.30. The molecule has 3 aliphatic rings. The molecule has 204 valence electrons. The number of terminal acetylenes is 1. The Labute approximate surface area is 230 Å². The molecular formula is C31H29F2N5O2. The van der Waals surface area contributed by atoms with Gasteiger partial charge in [-0.25, -0.2) is 13.8 Å². The minimum absolute atomic E-state index is 0.00376. The highest BCUT2D eigenvalue weighted by Crippen LogP contribution is 2.41. The van der Waals surface area contributed by atoms with Crippen molar-refractivity contribution >= 4 is 33.2 Å². The molecule has 40 heavy (non-hydrogen) atoms. The number of nitrogens with zero attached hydrogens (tertiary/aromatic N) is 4. The van der Waals surface area contributed by atoms with Crippen LogP contribution < -0.4 is 15.1 Å². The summed E-state index contributed by atoms with van der Waals surface area (Å²) in [4.78, 5) is 14.1. The Bertz CT molecular complexity index is 1700. The van der Waals surface area contributed by atoms with E-state index in [0.717, 1.165) is 37.6 Å². The number of fused-ring (bicyclic) bond motifs is 4. The van der Waals surface area contributed by atoms with Gasteiger partial charge in [0.1, 0.15) is 28.9 Å². The molecule has 2 bridgehead atoms. The fourth-order valence-corrected chi connectivity index (χ4v) is 6.61. The molecule has 3 fully saturated rings. The maximum atomic E-state index is 16.9. The van der Waals surface area contributed by atoms with E-state index in [1.54, 1.807) is 6.20 Å². The molecule has 2 atom stereocenters. The number of phenols is 1. The first-order chi connectivity index (χ1) is 19.4. The van der Waals surface area contributed by atoms with Crippen molar-refractivity contribution in [2.24, 2.45) is 0 Å². The van der Waals surface area contributed by atoms with E-state index < -0.39 is 11.6 Å². The van der Waals surface area contributed by atoms with Gasteiger partial charge in [0.05, 0.1) is 18.8 Å². The topological polar surface area (TPSA) is 73.8 Å². The number of anilines is 2. The highest BCUT2D eigenvalue weighted by Gasteiger charge is 2.35. The lowest BCUT2D eigenvalue weighted by Crippen LogP contribution is -2.51. The number of aromatic hydroxyl groups is 1. The van der Waals surface area contributed by atoms with E-state index in [1.165, 1.54) is 24.3 Å². The molecule has 7 rings (SSSR count). The molecule has 9 heteroatoms. The molecule has 0 aliphatic carbocycles. The van der Waals surface area contributed by atoms with E-state index >= 15 is 4.39 Å². The van der Waals surface area contributed by atoms with E-state index in [2.05, 4.69) is 26.0 Å². The Hall–Kier alpha value is -4.00. The second kappa shape index (κ2) is 9.58. The Morgan fingerprint density at radius 1 is 1.05 bits per heavy atom. The molecule has 4 aromatic rings. The number of benzene rings is 2. The van der Waals surface area contributed by atoms with Crippen molar-refractivity contribution < 1.29 is 18.6 Å². The van der Waals surface area contributed by atoms with Gasteiger partial charge in [-0.15, -0.1) is 6.42 Å². The number of rotatable bonds is 3. The molecule has 0 saturated carbocycles. The number of aromatic nitrogens is 2. The van der Waals surface area contributed by atoms with Crippen LogP contribution in [0.4, 0.5) is 20.4 Å². The third-order valence-electron chi connectivity index (χ3n) is 8.46. The normalized spacial score (nSPS) is 20.9. The predicted octanol–water partition coefficient (Wildman–Crippen LogP) is 4.50. The zero-order valence-corrected chi connectivity index (χ0v) is 22.2.